The van der Waals surface area contributed by atoms with Crippen LogP contribution in [0.1, 0.15) is 43.7 Å². The van der Waals surface area contributed by atoms with E-state index in [1.165, 1.54) is 12.8 Å². The number of benzene rings is 1. The lowest BCUT2D eigenvalue weighted by atomic mass is 9.71. The Morgan fingerprint density at radius 3 is 2.71 bits per heavy atom. The summed E-state index contributed by atoms with van der Waals surface area (Å²) in [5, 5.41) is 11.7. The second-order valence-electron chi connectivity index (χ2n) is 7.01. The number of likely N-dealkylation sites (N-methyl/N-ethyl adjacent to an activating group) is 1. The van der Waals surface area contributed by atoms with Crippen molar-refractivity contribution in [3.63, 3.8) is 0 Å². The third kappa shape index (κ3) is 3.61. The van der Waals surface area contributed by atoms with Crippen LogP contribution in [0.4, 0.5) is 0 Å². The molecule has 0 aliphatic heterocycles. The molecule has 1 saturated carbocycles. The zero-order chi connectivity index (χ0) is 15.6. The molecule has 21 heavy (non-hydrogen) atoms. The fraction of sp³-hybridized carbons (Fsp3) is 0.667. The molecule has 3 unspecified atom stereocenters. The van der Waals surface area contributed by atoms with Gasteiger partial charge in [-0.05, 0) is 57.0 Å². The minimum atomic E-state index is -0.379. The first-order chi connectivity index (χ1) is 9.85. The molecule has 1 N–H and O–H groups in total. The van der Waals surface area contributed by atoms with E-state index in [1.807, 2.05) is 13.0 Å². The number of aryl methyl sites for hydroxylation is 1. The molecule has 0 amide bonds. The molecular formula is C18H28ClNO. The molecule has 1 fully saturated rings. The van der Waals surface area contributed by atoms with Gasteiger partial charge < -0.3 is 10.0 Å². The predicted octanol–water partition coefficient (Wildman–Crippen LogP) is 4.06. The van der Waals surface area contributed by atoms with E-state index in [9.17, 15) is 5.11 Å². The standard InChI is InChI=1S/C18H28ClNO/c1-13-7-8-15(16(19)10-13)11-17(21)18(20(3)4)9-5-6-14(2)12-18/h7-8,10,14,17,21H,5-6,9,11-12H2,1-4H3. The number of rotatable bonds is 4. The molecule has 0 saturated heterocycles. The molecule has 3 atom stereocenters. The Labute approximate surface area is 134 Å². The highest BCUT2D eigenvalue weighted by molar-refractivity contribution is 6.31. The van der Waals surface area contributed by atoms with Crippen molar-refractivity contribution in [3.05, 3.63) is 34.3 Å². The molecule has 2 rings (SSSR count). The molecule has 1 aromatic carbocycles. The zero-order valence-corrected chi connectivity index (χ0v) is 14.5. The van der Waals surface area contributed by atoms with Crippen LogP contribution in [-0.4, -0.2) is 35.7 Å². The Morgan fingerprint density at radius 2 is 2.14 bits per heavy atom. The van der Waals surface area contributed by atoms with Gasteiger partial charge in [0.1, 0.15) is 0 Å². The first-order valence-electron chi connectivity index (χ1n) is 7.95. The topological polar surface area (TPSA) is 23.5 Å². The van der Waals surface area contributed by atoms with Crippen molar-refractivity contribution in [1.82, 2.24) is 4.90 Å². The molecule has 0 aromatic heterocycles. The molecule has 0 bridgehead atoms. The lowest BCUT2D eigenvalue weighted by Crippen LogP contribution is -2.56. The molecule has 1 aliphatic carbocycles. The molecule has 2 nitrogen and oxygen atoms in total. The van der Waals surface area contributed by atoms with Crippen molar-refractivity contribution < 1.29 is 5.11 Å². The summed E-state index contributed by atoms with van der Waals surface area (Å²) >= 11 is 6.34. The molecule has 0 spiro atoms. The number of hydrogen-bond acceptors (Lipinski definition) is 2. The van der Waals surface area contributed by atoms with Gasteiger partial charge in [-0.1, -0.05) is 43.5 Å². The normalized spacial score (nSPS) is 27.9. The highest BCUT2D eigenvalue weighted by Gasteiger charge is 2.43. The smallest absolute Gasteiger partial charge is 0.0764 e. The molecule has 3 heteroatoms. The van der Waals surface area contributed by atoms with E-state index in [0.717, 1.165) is 29.0 Å². The van der Waals surface area contributed by atoms with Crippen LogP contribution in [0.3, 0.4) is 0 Å². The van der Waals surface area contributed by atoms with Crippen molar-refractivity contribution in [2.24, 2.45) is 5.92 Å². The van der Waals surface area contributed by atoms with Gasteiger partial charge in [-0.3, -0.25) is 0 Å². The van der Waals surface area contributed by atoms with Gasteiger partial charge in [-0.25, -0.2) is 0 Å². The SMILES string of the molecule is Cc1ccc(CC(O)C2(N(C)C)CCCC(C)C2)c(Cl)c1. The van der Waals surface area contributed by atoms with Gasteiger partial charge >= 0.3 is 0 Å². The summed E-state index contributed by atoms with van der Waals surface area (Å²) in [6, 6.07) is 6.10. The van der Waals surface area contributed by atoms with Crippen LogP contribution in [0.5, 0.6) is 0 Å². The fourth-order valence-corrected chi connectivity index (χ4v) is 4.10. The quantitative estimate of drug-likeness (QED) is 0.906. The Kier molecular flexibility index (Phi) is 5.34. The number of hydrogen-bond donors (Lipinski definition) is 1. The van der Waals surface area contributed by atoms with E-state index in [-0.39, 0.29) is 11.6 Å². The third-order valence-electron chi connectivity index (χ3n) is 5.14. The van der Waals surface area contributed by atoms with Crippen molar-refractivity contribution >= 4 is 11.6 Å². The molecule has 1 aliphatic rings. The van der Waals surface area contributed by atoms with Crippen molar-refractivity contribution in [3.8, 4) is 0 Å². The predicted molar refractivity (Wildman–Crippen MR) is 89.9 cm³/mol. The van der Waals surface area contributed by atoms with E-state index >= 15 is 0 Å². The van der Waals surface area contributed by atoms with Gasteiger partial charge in [0.05, 0.1) is 6.10 Å². The van der Waals surface area contributed by atoms with Crippen molar-refractivity contribution in [2.45, 2.75) is 57.6 Å². The van der Waals surface area contributed by atoms with Gasteiger partial charge in [-0.2, -0.15) is 0 Å². The van der Waals surface area contributed by atoms with Crippen LogP contribution in [-0.2, 0) is 6.42 Å². The maximum absolute atomic E-state index is 11.0. The van der Waals surface area contributed by atoms with E-state index in [0.29, 0.717) is 12.3 Å². The lowest BCUT2D eigenvalue weighted by molar-refractivity contribution is -0.0424. The van der Waals surface area contributed by atoms with Gasteiger partial charge in [-0.15, -0.1) is 0 Å². The first-order valence-corrected chi connectivity index (χ1v) is 8.33. The van der Waals surface area contributed by atoms with Crippen LogP contribution in [0, 0.1) is 12.8 Å². The summed E-state index contributed by atoms with van der Waals surface area (Å²) < 4.78 is 0. The summed E-state index contributed by atoms with van der Waals surface area (Å²) in [6.07, 6.45) is 4.84. The summed E-state index contributed by atoms with van der Waals surface area (Å²) in [5.74, 6) is 0.671. The largest absolute Gasteiger partial charge is 0.391 e. The van der Waals surface area contributed by atoms with Crippen molar-refractivity contribution in [2.75, 3.05) is 14.1 Å². The molecular weight excluding hydrogens is 282 g/mol. The number of nitrogens with zero attached hydrogens (tertiary/aromatic N) is 1. The van der Waals surface area contributed by atoms with E-state index < -0.39 is 0 Å². The summed E-state index contributed by atoms with van der Waals surface area (Å²) in [7, 11) is 4.19. The Balaban J connectivity index is 2.21. The highest BCUT2D eigenvalue weighted by Crippen LogP contribution is 2.39. The van der Waals surface area contributed by atoms with Gasteiger partial charge in [0.2, 0.25) is 0 Å². The molecule has 1 aromatic rings. The molecule has 118 valence electrons. The van der Waals surface area contributed by atoms with Crippen LogP contribution < -0.4 is 0 Å². The maximum atomic E-state index is 11.0. The Hall–Kier alpha value is -0.570. The molecule has 0 radical (unpaired) electrons. The summed E-state index contributed by atoms with van der Waals surface area (Å²) in [5.41, 5.74) is 2.09. The van der Waals surface area contributed by atoms with E-state index in [1.54, 1.807) is 0 Å². The third-order valence-corrected chi connectivity index (χ3v) is 5.49. The minimum Gasteiger partial charge on any atom is -0.391 e. The second-order valence-corrected chi connectivity index (χ2v) is 7.42. The number of aliphatic hydroxyl groups is 1. The Bertz CT molecular complexity index is 488. The highest BCUT2D eigenvalue weighted by atomic mass is 35.5. The van der Waals surface area contributed by atoms with Crippen LogP contribution in [0.15, 0.2) is 18.2 Å². The maximum Gasteiger partial charge on any atom is 0.0764 e. The lowest BCUT2D eigenvalue weighted by Gasteiger charge is -2.48. The summed E-state index contributed by atoms with van der Waals surface area (Å²) in [6.45, 7) is 4.33. The fourth-order valence-electron chi connectivity index (χ4n) is 3.79. The van der Waals surface area contributed by atoms with Gasteiger partial charge in [0.15, 0.2) is 0 Å². The van der Waals surface area contributed by atoms with E-state index in [2.05, 4.69) is 38.1 Å². The van der Waals surface area contributed by atoms with Crippen LogP contribution in [0.25, 0.3) is 0 Å². The van der Waals surface area contributed by atoms with Crippen molar-refractivity contribution in [1.29, 1.82) is 0 Å². The monoisotopic (exact) mass is 309 g/mol. The molecule has 0 heterocycles. The Morgan fingerprint density at radius 1 is 1.43 bits per heavy atom. The van der Waals surface area contributed by atoms with E-state index in [4.69, 9.17) is 11.6 Å². The number of aliphatic hydroxyl groups excluding tert-OH is 1. The van der Waals surface area contributed by atoms with Crippen LogP contribution >= 0.6 is 11.6 Å². The average Bonchev–Trinajstić information content (AvgIpc) is 2.41. The van der Waals surface area contributed by atoms with Gasteiger partial charge in [0, 0.05) is 17.0 Å². The zero-order valence-electron chi connectivity index (χ0n) is 13.7. The second kappa shape index (κ2) is 6.68. The average molecular weight is 310 g/mol. The first kappa shape index (κ1) is 16.8. The van der Waals surface area contributed by atoms with Gasteiger partial charge in [0.25, 0.3) is 0 Å². The number of halogens is 1. The summed E-state index contributed by atoms with van der Waals surface area (Å²) in [4.78, 5) is 2.23. The van der Waals surface area contributed by atoms with Crippen LogP contribution in [0.2, 0.25) is 5.02 Å². The minimum absolute atomic E-state index is 0.119.